The van der Waals surface area contributed by atoms with Crippen molar-refractivity contribution in [1.82, 2.24) is 19.9 Å². The highest BCUT2D eigenvalue weighted by Gasteiger charge is 2.25. The molecule has 3 aromatic rings. The van der Waals surface area contributed by atoms with E-state index in [0.29, 0.717) is 36.6 Å². The number of aromatic nitrogens is 3. The zero-order valence-corrected chi connectivity index (χ0v) is 20.9. The Bertz CT molecular complexity index is 1180. The minimum atomic E-state index is -0.362. The molecule has 3 heterocycles. The van der Waals surface area contributed by atoms with Gasteiger partial charge in [0.25, 0.3) is 11.8 Å². The van der Waals surface area contributed by atoms with E-state index in [1.807, 2.05) is 23.8 Å². The minimum absolute atomic E-state index is 0.181. The Kier molecular flexibility index (Phi) is 8.11. The molecule has 1 aliphatic rings. The van der Waals surface area contributed by atoms with Crippen LogP contribution in [0.3, 0.4) is 0 Å². The maximum absolute atomic E-state index is 13.0. The van der Waals surface area contributed by atoms with Crippen LogP contribution in [0.1, 0.15) is 38.7 Å². The molecule has 2 aromatic heterocycles. The first-order chi connectivity index (χ1) is 17.0. The van der Waals surface area contributed by atoms with Gasteiger partial charge in [-0.2, -0.15) is 0 Å². The quantitative estimate of drug-likeness (QED) is 0.413. The number of benzene rings is 1. The first-order valence-electron chi connectivity index (χ1n) is 11.4. The van der Waals surface area contributed by atoms with Gasteiger partial charge in [-0.3, -0.25) is 9.59 Å². The van der Waals surface area contributed by atoms with Gasteiger partial charge in [-0.1, -0.05) is 6.07 Å². The largest absolute Gasteiger partial charge is 0.383 e. The van der Waals surface area contributed by atoms with Gasteiger partial charge in [0, 0.05) is 58.2 Å². The number of thiazole rings is 1. The average Bonchev–Trinajstić information content (AvgIpc) is 3.61. The highest BCUT2D eigenvalue weighted by atomic mass is 32.1. The lowest BCUT2D eigenvalue weighted by molar-refractivity contribution is 0.0938. The Hall–Kier alpha value is -3.28. The number of aryl methyl sites for hydroxylation is 1. The van der Waals surface area contributed by atoms with E-state index >= 15 is 0 Å². The van der Waals surface area contributed by atoms with Crippen LogP contribution in [0.5, 0.6) is 0 Å². The van der Waals surface area contributed by atoms with Gasteiger partial charge in [0.15, 0.2) is 5.13 Å². The third-order valence-electron chi connectivity index (χ3n) is 5.92. The number of hydrogen-bond acceptors (Lipinski definition) is 8. The standard InChI is InChI=1S/C24H30N6O4S/c1-16-25-7-10-29(16)13-17-4-5-20(19(12-17)22(31)26-8-11-33-2)27-23(32)21-15-35-24(28-21)30-9-6-18(14-30)34-3/h4-5,7,10,12,15,18H,6,8-9,11,13-14H2,1-3H3,(H,26,31)(H,27,32)/t18-/m0/s1. The van der Waals surface area contributed by atoms with E-state index in [2.05, 4.69) is 25.5 Å². The molecule has 4 rings (SSSR count). The summed E-state index contributed by atoms with van der Waals surface area (Å²) in [5.74, 6) is 0.227. The highest BCUT2D eigenvalue weighted by molar-refractivity contribution is 7.14. The molecule has 0 bridgehead atoms. The number of anilines is 2. The smallest absolute Gasteiger partial charge is 0.275 e. The lowest BCUT2D eigenvalue weighted by atomic mass is 10.1. The Morgan fingerprint density at radius 1 is 1.26 bits per heavy atom. The van der Waals surface area contributed by atoms with Gasteiger partial charge in [-0.25, -0.2) is 9.97 Å². The molecule has 0 saturated carbocycles. The Morgan fingerprint density at radius 2 is 2.11 bits per heavy atom. The molecule has 11 heteroatoms. The summed E-state index contributed by atoms with van der Waals surface area (Å²) >= 11 is 1.42. The van der Waals surface area contributed by atoms with Crippen LogP contribution in [0.25, 0.3) is 0 Å². The molecule has 2 N–H and O–H groups in total. The highest BCUT2D eigenvalue weighted by Crippen LogP contribution is 2.26. The van der Waals surface area contributed by atoms with Gasteiger partial charge in [-0.05, 0) is 31.0 Å². The molecule has 1 atom stereocenters. The van der Waals surface area contributed by atoms with Gasteiger partial charge in [-0.15, -0.1) is 11.3 Å². The summed E-state index contributed by atoms with van der Waals surface area (Å²) < 4.78 is 12.4. The maximum Gasteiger partial charge on any atom is 0.275 e. The molecule has 1 aromatic carbocycles. The van der Waals surface area contributed by atoms with Crippen LogP contribution < -0.4 is 15.5 Å². The Balaban J connectivity index is 1.52. The van der Waals surface area contributed by atoms with Crippen molar-refractivity contribution in [2.24, 2.45) is 0 Å². The van der Waals surface area contributed by atoms with Crippen LogP contribution in [0.2, 0.25) is 0 Å². The monoisotopic (exact) mass is 498 g/mol. The van der Waals surface area contributed by atoms with Crippen LogP contribution in [0.4, 0.5) is 10.8 Å². The topological polar surface area (TPSA) is 111 Å². The average molecular weight is 499 g/mol. The van der Waals surface area contributed by atoms with E-state index < -0.39 is 0 Å². The number of rotatable bonds is 10. The second-order valence-corrected chi connectivity index (χ2v) is 9.13. The van der Waals surface area contributed by atoms with Crippen LogP contribution in [0, 0.1) is 6.92 Å². The SMILES string of the molecule is COCCNC(=O)c1cc(Cn2ccnc2C)ccc1NC(=O)c1csc(N2CC[C@H](OC)C2)n1. The number of imidazole rings is 1. The normalized spacial score (nSPS) is 15.4. The molecule has 186 valence electrons. The number of nitrogens with one attached hydrogen (secondary N) is 2. The van der Waals surface area contributed by atoms with Crippen molar-refractivity contribution in [2.45, 2.75) is 26.0 Å². The van der Waals surface area contributed by atoms with E-state index in [1.165, 1.54) is 11.3 Å². The van der Waals surface area contributed by atoms with Crippen LogP contribution in [-0.4, -0.2) is 72.9 Å². The molecule has 0 spiro atoms. The van der Waals surface area contributed by atoms with Gasteiger partial charge in [0.2, 0.25) is 0 Å². The molecule has 10 nitrogen and oxygen atoms in total. The lowest BCUT2D eigenvalue weighted by Crippen LogP contribution is -2.28. The summed E-state index contributed by atoms with van der Waals surface area (Å²) in [4.78, 5) is 36.8. The van der Waals surface area contributed by atoms with E-state index in [0.717, 1.165) is 36.0 Å². The number of hydrogen-bond donors (Lipinski definition) is 2. The summed E-state index contributed by atoms with van der Waals surface area (Å²) in [6.45, 7) is 4.84. The zero-order valence-electron chi connectivity index (χ0n) is 20.1. The molecule has 0 aliphatic carbocycles. The van der Waals surface area contributed by atoms with Gasteiger partial charge >= 0.3 is 0 Å². The van der Waals surface area contributed by atoms with Crippen molar-refractivity contribution in [3.8, 4) is 0 Å². The number of nitrogens with zero attached hydrogens (tertiary/aromatic N) is 4. The Labute approximate surface area is 208 Å². The van der Waals surface area contributed by atoms with Crippen LogP contribution in [-0.2, 0) is 16.0 Å². The first kappa shape index (κ1) is 24.8. The van der Waals surface area contributed by atoms with Gasteiger partial charge in [0.1, 0.15) is 11.5 Å². The van der Waals surface area contributed by atoms with Gasteiger partial charge < -0.3 is 29.6 Å². The molecule has 0 unspecified atom stereocenters. The van der Waals surface area contributed by atoms with Crippen molar-refractivity contribution in [3.63, 3.8) is 0 Å². The third-order valence-corrected chi connectivity index (χ3v) is 6.82. The summed E-state index contributed by atoms with van der Waals surface area (Å²) in [5, 5.41) is 8.23. The fourth-order valence-corrected chi connectivity index (χ4v) is 4.75. The first-order valence-corrected chi connectivity index (χ1v) is 12.3. The van der Waals surface area contributed by atoms with Crippen molar-refractivity contribution < 1.29 is 19.1 Å². The second kappa shape index (κ2) is 11.4. The summed E-state index contributed by atoms with van der Waals surface area (Å²) in [7, 11) is 3.28. The number of ether oxygens (including phenoxy) is 2. The Morgan fingerprint density at radius 3 is 2.83 bits per heavy atom. The molecule has 1 fully saturated rings. The van der Waals surface area contributed by atoms with E-state index in [9.17, 15) is 9.59 Å². The van der Waals surface area contributed by atoms with Gasteiger partial charge in [0.05, 0.1) is 24.0 Å². The van der Waals surface area contributed by atoms with Crippen molar-refractivity contribution in [2.75, 3.05) is 50.7 Å². The number of carbonyl (C=O) groups is 2. The predicted molar refractivity (Wildman–Crippen MR) is 134 cm³/mol. The van der Waals surface area contributed by atoms with Crippen molar-refractivity contribution >= 4 is 34.0 Å². The molecule has 2 amide bonds. The van der Waals surface area contributed by atoms with Crippen molar-refractivity contribution in [3.05, 3.63) is 58.6 Å². The molecule has 1 saturated heterocycles. The molecular weight excluding hydrogens is 468 g/mol. The van der Waals surface area contributed by atoms with Crippen LogP contribution in [0.15, 0.2) is 36.0 Å². The van der Waals surface area contributed by atoms with E-state index in [1.54, 1.807) is 37.9 Å². The number of methoxy groups -OCH3 is 2. The number of amides is 2. The van der Waals surface area contributed by atoms with E-state index in [4.69, 9.17) is 9.47 Å². The second-order valence-electron chi connectivity index (χ2n) is 8.29. The van der Waals surface area contributed by atoms with Crippen LogP contribution >= 0.6 is 11.3 Å². The molecule has 0 radical (unpaired) electrons. The summed E-state index contributed by atoms with van der Waals surface area (Å²) in [6, 6.07) is 5.43. The third kappa shape index (κ3) is 6.05. The van der Waals surface area contributed by atoms with Crippen molar-refractivity contribution in [1.29, 1.82) is 0 Å². The predicted octanol–water partition coefficient (Wildman–Crippen LogP) is 2.55. The minimum Gasteiger partial charge on any atom is -0.383 e. The molecule has 1 aliphatic heterocycles. The van der Waals surface area contributed by atoms with E-state index in [-0.39, 0.29) is 17.9 Å². The maximum atomic E-state index is 13.0. The molecule has 35 heavy (non-hydrogen) atoms. The summed E-state index contributed by atoms with van der Waals surface area (Å²) in [6.07, 6.45) is 4.74. The number of carbonyl (C=O) groups excluding carboxylic acids is 2. The summed E-state index contributed by atoms with van der Waals surface area (Å²) in [5.41, 5.74) is 2.03. The lowest BCUT2D eigenvalue weighted by Gasteiger charge is -2.14. The molecular formula is C24H30N6O4S. The fraction of sp³-hybridized carbons (Fsp3) is 0.417. The zero-order chi connectivity index (χ0) is 24.8. The fourth-order valence-electron chi connectivity index (χ4n) is 3.91.